The number of β-amino-alcohol motifs (C(OH)–C–C–N with tert-alkyl or cyclic N) is 3. The van der Waals surface area contributed by atoms with E-state index in [2.05, 4.69) is 107 Å². The van der Waals surface area contributed by atoms with Crippen LogP contribution in [-0.4, -0.2) is 250 Å². The van der Waals surface area contributed by atoms with Gasteiger partial charge in [0.15, 0.2) is 0 Å². The van der Waals surface area contributed by atoms with Crippen molar-refractivity contribution in [2.24, 2.45) is 65.1 Å². The van der Waals surface area contributed by atoms with Crippen LogP contribution in [0.5, 0.6) is 17.2 Å². The number of carbonyl (C=O) groups excluding carboxylic acids is 4. The maximum absolute atomic E-state index is 13.9. The second-order valence-electron chi connectivity index (χ2n) is 48.1. The molecule has 31 heteroatoms. The quantitative estimate of drug-likeness (QED) is 0.0844. The molecule has 6 N–H and O–H groups in total. The van der Waals surface area contributed by atoms with Crippen LogP contribution >= 0.6 is 34.8 Å². The molecule has 0 aromatic heterocycles. The molecule has 4 amide bonds. The van der Waals surface area contributed by atoms with Crippen molar-refractivity contribution in [3.05, 3.63) is 174 Å². The lowest BCUT2D eigenvalue weighted by molar-refractivity contribution is -0.140. The molecule has 6 fully saturated rings. The Labute approximate surface area is 882 Å². The number of likely N-dealkylation sites (N-methyl/N-ethyl adjacent to an activating group) is 1. The van der Waals surface area contributed by atoms with Crippen LogP contribution in [0.2, 0.25) is 15.1 Å². The first-order valence-electron chi connectivity index (χ1n) is 54.8. The molecule has 3 saturated heterocycles. The van der Waals surface area contributed by atoms with E-state index in [4.69, 9.17) is 49.0 Å². The second kappa shape index (κ2) is 42.9. The molecular formula is C115H157Cl3N10O15S3. The number of nitrogens with one attached hydrogen (secondary N) is 3. The molecule has 6 aromatic rings. The summed E-state index contributed by atoms with van der Waals surface area (Å²) in [5, 5.41) is 38.4. The van der Waals surface area contributed by atoms with Gasteiger partial charge in [0, 0.05) is 145 Å². The van der Waals surface area contributed by atoms with Gasteiger partial charge in [0.1, 0.15) is 17.2 Å². The number of likely N-dealkylation sites (tertiary alicyclic amines) is 2. The number of benzene rings is 6. The third-order valence-corrected chi connectivity index (χ3v) is 44.9. The van der Waals surface area contributed by atoms with Crippen molar-refractivity contribution in [2.75, 3.05) is 146 Å². The Bertz CT molecular complexity index is 5980. The predicted octanol–water partition coefficient (Wildman–Crippen LogP) is 17.3. The molecule has 15 aliphatic rings. The average Bonchev–Trinajstić information content (AvgIpc) is 1.55. The number of fused-ring (bicyclic) bond motifs is 12. The third-order valence-electron chi connectivity index (χ3n) is 38.2. The maximum Gasteiger partial charge on any atom is 0.264 e. The summed E-state index contributed by atoms with van der Waals surface area (Å²) in [6.07, 6.45) is 23.4. The van der Waals surface area contributed by atoms with Crippen molar-refractivity contribution in [3.8, 4) is 17.2 Å². The summed E-state index contributed by atoms with van der Waals surface area (Å²) in [7, 11) is -9.00. The number of sulfonamides is 2. The van der Waals surface area contributed by atoms with E-state index in [1.54, 1.807) is 49.1 Å². The number of rotatable bonds is 6. The van der Waals surface area contributed by atoms with Crippen molar-refractivity contribution in [2.45, 2.75) is 271 Å². The fourth-order valence-corrected chi connectivity index (χ4v) is 33.1. The number of hydrogen-bond acceptors (Lipinski definition) is 21. The van der Waals surface area contributed by atoms with Gasteiger partial charge >= 0.3 is 0 Å². The Balaban J connectivity index is 0.000000138. The highest BCUT2D eigenvalue weighted by Crippen LogP contribution is 2.56. The van der Waals surface area contributed by atoms with E-state index in [9.17, 15) is 55.5 Å². The van der Waals surface area contributed by atoms with Gasteiger partial charge in [-0.05, 0) is 377 Å². The zero-order valence-electron chi connectivity index (χ0n) is 87.2. The SMILES string of the molecule is C=S1(=O)NC(=O)c2ccc3c(c2)N(C[C@@H]2CC[C@H]2[C@@](O)(CN2CC[C@@H](C)C2)CCC[C@H](C)[C@H]1C)C[C@@]1(CCCc2cc(Cl)ccc21)CO3.C[C@@H]1CCN(C[C@]2(O)CCC[C@H](C)[C@@H](C)S(=O)(=O)NC(=O)c3ccc4c(c3)N(C[C@@H]3CC[C@H]32)C[C@@]2(CCCc3cc(Cl)ccc32)CO4)C1.C[C@@H]1[C@@H](C)CCC[C@@](O)(CN2CCN(C)C(=O)C2)[C@@H]2CC[C@H]2CN2C[C@@]3(CCCc4cc(Cl)ccc43)COc3ccc(cc32)C(=O)NS1(=O)=O. The molecule has 0 radical (unpaired) electrons. The molecule has 9 heterocycles. The van der Waals surface area contributed by atoms with Gasteiger partial charge in [0.25, 0.3) is 17.7 Å². The average molecular weight is 2120 g/mol. The topological polar surface area (TPSA) is 301 Å². The molecule has 796 valence electrons. The molecule has 1 unspecified atom stereocenters. The molecule has 6 aromatic carbocycles. The Morgan fingerprint density at radius 2 is 0.719 bits per heavy atom. The van der Waals surface area contributed by atoms with E-state index >= 15 is 0 Å². The fraction of sp³-hybridized carbons (Fsp3) is 0.643. The van der Waals surface area contributed by atoms with Crippen LogP contribution in [-0.2, 0) is 70.1 Å². The summed E-state index contributed by atoms with van der Waals surface area (Å²) in [6, 6.07) is 34.9. The third kappa shape index (κ3) is 22.3. The van der Waals surface area contributed by atoms with E-state index in [1.807, 2.05) is 70.3 Å². The van der Waals surface area contributed by atoms with Crippen LogP contribution < -0.4 is 43.1 Å². The summed E-state index contributed by atoms with van der Waals surface area (Å²) in [5.41, 5.74) is 7.63. The number of nitrogens with zero attached hydrogens (tertiary/aromatic N) is 7. The van der Waals surface area contributed by atoms with E-state index in [0.717, 1.165) is 212 Å². The van der Waals surface area contributed by atoms with Crippen LogP contribution in [0.15, 0.2) is 109 Å². The van der Waals surface area contributed by atoms with Gasteiger partial charge in [-0.3, -0.25) is 28.8 Å². The summed E-state index contributed by atoms with van der Waals surface area (Å²) in [6.45, 7) is 29.1. The number of hydrogen-bond donors (Lipinski definition) is 6. The summed E-state index contributed by atoms with van der Waals surface area (Å²) < 4.78 is 95.4. The highest BCUT2D eigenvalue weighted by molar-refractivity contribution is 7.99. The van der Waals surface area contributed by atoms with Crippen molar-refractivity contribution >= 4 is 111 Å². The molecule has 3 saturated carbocycles. The van der Waals surface area contributed by atoms with Crippen LogP contribution in [0.25, 0.3) is 0 Å². The van der Waals surface area contributed by atoms with Crippen LogP contribution in [0, 0.1) is 65.1 Å². The van der Waals surface area contributed by atoms with Crippen molar-refractivity contribution in [1.82, 2.24) is 33.8 Å². The standard InChI is InChI=1S/C39H54ClN3O4S.C38H51ClN4O6S.C38H52ClN3O5S/c1-26-15-18-42(21-26)24-39(45)17-5-7-27(2)28(3)48(4,46)41-37(44)30-10-14-36-35(20-30)43(22-31-9-12-34(31)39)23-38(25-47-36)16-6-8-29-19-32(40)11-13-33(29)38;1-25-6-4-15-38(46,23-42-17-16-41(3)35(44)21-42)32-11-8-29(32)20-43-22-37(14-5-7-27-18-30(39)10-12-31(27)37)24-49-34-13-9-28(19-33(34)43)36(45)40-50(47,48)26(25)2;1-25-14-17-41(20-25)23-38(44)16-4-6-26(2)27(3)48(45,46)40-36(43)29-9-13-35-34(19-29)42(21-30-8-11-33(30)38)22-37(24-47-35)15-5-7-28-18-31(39)10-12-32(28)37/h10-11,13-14,19-20,26-28,31,34,45H,4-9,12,15-18,21-25H2,1-3H3,(H,41,44,46);9-10,12-13,18-19,25-26,29,32,46H,4-8,11,14-17,20-24H2,1-3H3,(H,40,45);9-10,12-13,18-19,25-27,30,33,44H,4-8,11,14-17,20-24H2,1-3H3,(H,40,43)/t26-,27+,28-,31+,34-,38+,39+,48?;25-,26+,29-,32+,37-,38+;25-,26+,27-,30+,33-,37+,38-/m101/s1. The van der Waals surface area contributed by atoms with E-state index < -0.39 is 68.9 Å². The molecule has 146 heavy (non-hydrogen) atoms. The normalized spacial score (nSPS) is 35.4. The minimum atomic E-state index is -3.98. The molecule has 6 bridgehead atoms. The van der Waals surface area contributed by atoms with Crippen LogP contribution in [0.4, 0.5) is 17.1 Å². The van der Waals surface area contributed by atoms with Gasteiger partial charge in [0.05, 0.1) is 80.4 Å². The molecule has 3 spiro atoms. The predicted molar refractivity (Wildman–Crippen MR) is 582 cm³/mol. The zero-order valence-corrected chi connectivity index (χ0v) is 91.9. The molecule has 21 atom stereocenters. The Morgan fingerprint density at radius 1 is 0.384 bits per heavy atom. The lowest BCUT2D eigenvalue weighted by Crippen LogP contribution is -2.59. The number of aliphatic hydroxyl groups is 3. The van der Waals surface area contributed by atoms with Gasteiger partial charge < -0.3 is 58.9 Å². The number of piperazine rings is 1. The number of carbonyl (C=O) groups is 4. The molecule has 21 rings (SSSR count). The minimum absolute atomic E-state index is 0.00845. The van der Waals surface area contributed by atoms with E-state index in [1.165, 1.54) is 39.8 Å². The van der Waals surface area contributed by atoms with Gasteiger partial charge in [0.2, 0.25) is 26.0 Å². The zero-order chi connectivity index (χ0) is 103. The molecule has 25 nitrogen and oxygen atoms in total. The molecule has 6 aliphatic carbocycles. The lowest BCUT2D eigenvalue weighted by Gasteiger charge is -2.51. The molecule has 9 aliphatic heterocycles. The smallest absolute Gasteiger partial charge is 0.264 e. The number of anilines is 3. The van der Waals surface area contributed by atoms with Gasteiger partial charge in [-0.1, -0.05) is 107 Å². The summed E-state index contributed by atoms with van der Waals surface area (Å²) in [4.78, 5) is 69.5. The first-order chi connectivity index (χ1) is 69.5. The Hall–Kier alpha value is -7.45. The van der Waals surface area contributed by atoms with Gasteiger partial charge in [-0.25, -0.2) is 30.5 Å². The van der Waals surface area contributed by atoms with E-state index in [-0.39, 0.29) is 92.8 Å². The lowest BCUT2D eigenvalue weighted by atomic mass is 9.62. The number of ether oxygens (including phenoxy) is 3. The Morgan fingerprint density at radius 3 is 1.04 bits per heavy atom. The number of amides is 4. The second-order valence-corrected chi connectivity index (χ2v) is 55.9. The minimum Gasteiger partial charge on any atom is -0.490 e. The highest BCUT2D eigenvalue weighted by atomic mass is 35.5. The van der Waals surface area contributed by atoms with Crippen LogP contribution in [0.3, 0.4) is 0 Å². The fourth-order valence-electron chi connectivity index (χ4n) is 28.4. The van der Waals surface area contributed by atoms with Crippen molar-refractivity contribution < 1.29 is 69.8 Å². The highest BCUT2D eigenvalue weighted by Gasteiger charge is 2.56. The van der Waals surface area contributed by atoms with Gasteiger partial charge in [-0.2, -0.15) is 0 Å². The molecular weight excluding hydrogens is 1960 g/mol. The Kier molecular flexibility index (Phi) is 31.4. The number of aryl methyl sites for hydroxylation is 3. The summed E-state index contributed by atoms with van der Waals surface area (Å²) in [5.74, 6) is 6.71. The monoisotopic (exact) mass is 2120 g/mol. The first-order valence-corrected chi connectivity index (χ1v) is 60.8. The summed E-state index contributed by atoms with van der Waals surface area (Å²) >= 11 is 19.4. The van der Waals surface area contributed by atoms with Gasteiger partial charge in [-0.15, -0.1) is 0 Å². The maximum atomic E-state index is 13.9. The largest absolute Gasteiger partial charge is 0.490 e. The first kappa shape index (κ1) is 107. The van der Waals surface area contributed by atoms with Crippen molar-refractivity contribution in [3.63, 3.8) is 0 Å². The van der Waals surface area contributed by atoms with Crippen molar-refractivity contribution in [1.29, 1.82) is 0 Å². The van der Waals surface area contributed by atoms with Crippen LogP contribution in [0.1, 0.15) is 268 Å². The number of halogens is 3. The van der Waals surface area contributed by atoms with E-state index in [0.29, 0.717) is 145 Å².